The summed E-state index contributed by atoms with van der Waals surface area (Å²) in [7, 11) is -3.09. The van der Waals surface area contributed by atoms with Gasteiger partial charge in [0.1, 0.15) is 0 Å². The Kier molecular flexibility index (Phi) is 6.40. The SMILES string of the molecule is CCC(CC)(CBr)CSc1ccc(S(C)(=O)=O)cc1. The molecule has 1 aromatic rings. The highest BCUT2D eigenvalue weighted by molar-refractivity contribution is 9.09. The molecule has 1 aromatic carbocycles. The van der Waals surface area contributed by atoms with E-state index in [-0.39, 0.29) is 0 Å². The van der Waals surface area contributed by atoms with Gasteiger partial charge >= 0.3 is 0 Å². The van der Waals surface area contributed by atoms with Crippen molar-refractivity contribution in [3.05, 3.63) is 24.3 Å². The zero-order valence-corrected chi connectivity index (χ0v) is 14.9. The second-order valence-corrected chi connectivity index (χ2v) is 8.50. The molecule has 0 unspecified atom stereocenters. The molecule has 1 rings (SSSR count). The monoisotopic (exact) mass is 364 g/mol. The third-order valence-electron chi connectivity index (χ3n) is 3.58. The van der Waals surface area contributed by atoms with Gasteiger partial charge in [-0.3, -0.25) is 0 Å². The molecule has 5 heteroatoms. The molecule has 19 heavy (non-hydrogen) atoms. The van der Waals surface area contributed by atoms with E-state index in [1.807, 2.05) is 12.1 Å². The summed E-state index contributed by atoms with van der Waals surface area (Å²) in [5.74, 6) is 1.05. The van der Waals surface area contributed by atoms with Crippen molar-refractivity contribution in [1.29, 1.82) is 0 Å². The lowest BCUT2D eigenvalue weighted by Gasteiger charge is -2.29. The number of thioether (sulfide) groups is 1. The van der Waals surface area contributed by atoms with E-state index in [9.17, 15) is 8.42 Å². The maximum atomic E-state index is 11.4. The first-order chi connectivity index (χ1) is 8.87. The summed E-state index contributed by atoms with van der Waals surface area (Å²) in [5, 5.41) is 1.00. The molecule has 2 nitrogen and oxygen atoms in total. The van der Waals surface area contributed by atoms with Crippen LogP contribution in [-0.2, 0) is 9.84 Å². The minimum absolute atomic E-state index is 0.320. The van der Waals surface area contributed by atoms with Gasteiger partial charge in [0.15, 0.2) is 9.84 Å². The molecule has 0 aliphatic heterocycles. The second-order valence-electron chi connectivity index (χ2n) is 4.87. The normalized spacial score (nSPS) is 12.6. The van der Waals surface area contributed by atoms with Crippen molar-refractivity contribution in [2.45, 2.75) is 36.5 Å². The summed E-state index contributed by atoms with van der Waals surface area (Å²) >= 11 is 5.41. The van der Waals surface area contributed by atoms with Gasteiger partial charge in [0.25, 0.3) is 0 Å². The Morgan fingerprint density at radius 2 is 1.68 bits per heavy atom. The van der Waals surface area contributed by atoms with E-state index >= 15 is 0 Å². The fourth-order valence-corrected chi connectivity index (χ4v) is 4.90. The minimum atomic E-state index is -3.09. The topological polar surface area (TPSA) is 34.1 Å². The second kappa shape index (κ2) is 7.14. The van der Waals surface area contributed by atoms with Crippen molar-refractivity contribution in [1.82, 2.24) is 0 Å². The Labute approximate surface area is 129 Å². The number of alkyl halides is 1. The Morgan fingerprint density at radius 1 is 1.16 bits per heavy atom. The molecule has 0 aliphatic carbocycles. The van der Waals surface area contributed by atoms with Gasteiger partial charge in [-0.15, -0.1) is 11.8 Å². The van der Waals surface area contributed by atoms with Gasteiger partial charge in [0.2, 0.25) is 0 Å². The number of sulfone groups is 1. The molecule has 0 saturated heterocycles. The van der Waals surface area contributed by atoms with Crippen LogP contribution in [0, 0.1) is 5.41 Å². The zero-order valence-electron chi connectivity index (χ0n) is 11.6. The molecule has 0 bridgehead atoms. The summed E-state index contributed by atoms with van der Waals surface area (Å²) < 4.78 is 22.8. The van der Waals surface area contributed by atoms with Crippen LogP contribution in [0.15, 0.2) is 34.1 Å². The molecule has 0 radical (unpaired) electrons. The average molecular weight is 365 g/mol. The van der Waals surface area contributed by atoms with Crippen molar-refractivity contribution in [3.8, 4) is 0 Å². The van der Waals surface area contributed by atoms with Gasteiger partial charge in [-0.05, 0) is 42.5 Å². The molecule has 0 aromatic heterocycles. The smallest absolute Gasteiger partial charge is 0.175 e. The van der Waals surface area contributed by atoms with E-state index in [0.29, 0.717) is 10.3 Å². The number of hydrogen-bond acceptors (Lipinski definition) is 3. The van der Waals surface area contributed by atoms with Crippen molar-refractivity contribution < 1.29 is 8.42 Å². The lowest BCUT2D eigenvalue weighted by atomic mass is 9.87. The molecule has 0 saturated carbocycles. The molecule has 0 heterocycles. The maximum Gasteiger partial charge on any atom is 0.175 e. The lowest BCUT2D eigenvalue weighted by molar-refractivity contribution is 0.359. The van der Waals surface area contributed by atoms with Crippen LogP contribution in [-0.4, -0.2) is 25.8 Å². The van der Waals surface area contributed by atoms with Crippen LogP contribution in [0.2, 0.25) is 0 Å². The molecule has 0 atom stereocenters. The molecule has 0 amide bonds. The number of hydrogen-bond donors (Lipinski definition) is 0. The van der Waals surface area contributed by atoms with E-state index in [0.717, 1.165) is 28.8 Å². The van der Waals surface area contributed by atoms with Crippen molar-refractivity contribution in [2.24, 2.45) is 5.41 Å². The Bertz CT molecular complexity index is 482. The van der Waals surface area contributed by atoms with Gasteiger partial charge < -0.3 is 0 Å². The Balaban J connectivity index is 2.74. The van der Waals surface area contributed by atoms with Crippen LogP contribution in [0.25, 0.3) is 0 Å². The predicted molar refractivity (Wildman–Crippen MR) is 87.1 cm³/mol. The third-order valence-corrected chi connectivity index (χ3v) is 7.26. The van der Waals surface area contributed by atoms with E-state index < -0.39 is 9.84 Å². The molecule has 108 valence electrons. The highest BCUT2D eigenvalue weighted by Crippen LogP contribution is 2.35. The number of benzene rings is 1. The van der Waals surface area contributed by atoms with Gasteiger partial charge in [-0.1, -0.05) is 29.8 Å². The zero-order chi connectivity index (χ0) is 14.5. The fourth-order valence-electron chi connectivity index (χ4n) is 1.70. The quantitative estimate of drug-likeness (QED) is 0.531. The van der Waals surface area contributed by atoms with E-state index in [1.54, 1.807) is 23.9 Å². The molecule has 0 spiro atoms. The summed E-state index contributed by atoms with van der Waals surface area (Å²) in [4.78, 5) is 1.51. The van der Waals surface area contributed by atoms with Crippen LogP contribution in [0.5, 0.6) is 0 Å². The fraction of sp³-hybridized carbons (Fsp3) is 0.571. The highest BCUT2D eigenvalue weighted by Gasteiger charge is 2.24. The lowest BCUT2D eigenvalue weighted by Crippen LogP contribution is -2.23. The van der Waals surface area contributed by atoms with Crippen LogP contribution in [0.3, 0.4) is 0 Å². The minimum Gasteiger partial charge on any atom is -0.224 e. The molecule has 0 fully saturated rings. The van der Waals surface area contributed by atoms with Crippen molar-refractivity contribution in [3.63, 3.8) is 0 Å². The van der Waals surface area contributed by atoms with Gasteiger partial charge in [0, 0.05) is 22.2 Å². The standard InChI is InChI=1S/C14H21BrO2S2/c1-4-14(5-2,10-15)11-18-12-6-8-13(9-7-12)19(3,16)17/h6-9H,4-5,10-11H2,1-3H3. The van der Waals surface area contributed by atoms with Crippen LogP contribution < -0.4 is 0 Å². The summed E-state index contributed by atoms with van der Waals surface area (Å²) in [5.41, 5.74) is 0.320. The first-order valence-corrected chi connectivity index (χ1v) is 10.4. The van der Waals surface area contributed by atoms with Gasteiger partial charge in [-0.2, -0.15) is 0 Å². The summed E-state index contributed by atoms with van der Waals surface area (Å²) in [6.45, 7) is 4.44. The molecule has 0 N–H and O–H groups in total. The predicted octanol–water partition coefficient (Wildman–Crippen LogP) is 4.38. The molecular weight excluding hydrogens is 344 g/mol. The van der Waals surface area contributed by atoms with E-state index in [1.165, 1.54) is 6.26 Å². The van der Waals surface area contributed by atoms with Crippen LogP contribution >= 0.6 is 27.7 Å². The summed E-state index contributed by atoms with van der Waals surface area (Å²) in [6, 6.07) is 7.16. The van der Waals surface area contributed by atoms with Gasteiger partial charge in [-0.25, -0.2) is 8.42 Å². The largest absolute Gasteiger partial charge is 0.224 e. The Hall–Kier alpha value is -0.000000000000000111. The summed E-state index contributed by atoms with van der Waals surface area (Å²) in [6.07, 6.45) is 3.52. The molecular formula is C14H21BrO2S2. The van der Waals surface area contributed by atoms with E-state index in [2.05, 4.69) is 29.8 Å². The first-order valence-electron chi connectivity index (χ1n) is 6.36. The number of halogens is 1. The van der Waals surface area contributed by atoms with Crippen molar-refractivity contribution >= 4 is 37.5 Å². The van der Waals surface area contributed by atoms with Crippen LogP contribution in [0.4, 0.5) is 0 Å². The molecule has 0 aliphatic rings. The highest BCUT2D eigenvalue weighted by atomic mass is 79.9. The maximum absolute atomic E-state index is 11.4. The van der Waals surface area contributed by atoms with Gasteiger partial charge in [0.05, 0.1) is 4.90 Å². The first kappa shape index (κ1) is 17.1. The van der Waals surface area contributed by atoms with Crippen molar-refractivity contribution in [2.75, 3.05) is 17.3 Å². The van der Waals surface area contributed by atoms with E-state index in [4.69, 9.17) is 0 Å². The number of rotatable bonds is 7. The average Bonchev–Trinajstić information content (AvgIpc) is 2.40. The third kappa shape index (κ3) is 4.80. The Morgan fingerprint density at radius 3 is 2.05 bits per heavy atom. The van der Waals surface area contributed by atoms with Crippen LogP contribution in [0.1, 0.15) is 26.7 Å².